The summed E-state index contributed by atoms with van der Waals surface area (Å²) in [6.45, 7) is 2.55. The van der Waals surface area contributed by atoms with Crippen molar-refractivity contribution in [2.45, 2.75) is 13.0 Å². The number of aliphatic carboxylic acids is 1. The van der Waals surface area contributed by atoms with Crippen LogP contribution >= 0.6 is 0 Å². The number of nitro groups is 1. The van der Waals surface area contributed by atoms with Gasteiger partial charge in [0.1, 0.15) is 6.04 Å². The number of amides is 1. The van der Waals surface area contributed by atoms with Gasteiger partial charge in [0.25, 0.3) is 11.6 Å². The van der Waals surface area contributed by atoms with Crippen molar-refractivity contribution < 1.29 is 19.6 Å². The number of nitro benzene ring substituents is 1. The van der Waals surface area contributed by atoms with Crippen molar-refractivity contribution >= 4 is 17.6 Å². The van der Waals surface area contributed by atoms with Gasteiger partial charge in [0.2, 0.25) is 0 Å². The largest absolute Gasteiger partial charge is 0.480 e. The van der Waals surface area contributed by atoms with Crippen LogP contribution in [0, 0.1) is 17.0 Å². The lowest BCUT2D eigenvalue weighted by Crippen LogP contribution is -2.57. The van der Waals surface area contributed by atoms with Crippen molar-refractivity contribution in [3.8, 4) is 0 Å². The molecular weight excluding hydrogens is 278 g/mol. The molecule has 2 rings (SSSR count). The van der Waals surface area contributed by atoms with E-state index in [0.29, 0.717) is 12.1 Å². The topological polar surface area (TPSA) is 113 Å². The molecule has 1 fully saturated rings. The van der Waals surface area contributed by atoms with Crippen LogP contribution in [0.5, 0.6) is 0 Å². The summed E-state index contributed by atoms with van der Waals surface area (Å²) in [5.41, 5.74) is 0.532. The number of rotatable bonds is 3. The van der Waals surface area contributed by atoms with E-state index in [9.17, 15) is 19.7 Å². The summed E-state index contributed by atoms with van der Waals surface area (Å²) in [5.74, 6) is -1.60. The molecule has 1 amide bonds. The Morgan fingerprint density at radius 1 is 1.43 bits per heavy atom. The van der Waals surface area contributed by atoms with Crippen molar-refractivity contribution in [2.75, 3.05) is 19.6 Å². The molecule has 21 heavy (non-hydrogen) atoms. The minimum Gasteiger partial charge on any atom is -0.480 e. The molecule has 0 saturated carbocycles. The molecule has 1 aliphatic heterocycles. The Labute approximate surface area is 120 Å². The summed E-state index contributed by atoms with van der Waals surface area (Å²) in [7, 11) is 0. The second kappa shape index (κ2) is 5.88. The molecule has 0 radical (unpaired) electrons. The lowest BCUT2D eigenvalue weighted by Gasteiger charge is -2.33. The second-order valence-corrected chi connectivity index (χ2v) is 4.87. The molecule has 0 aliphatic carbocycles. The molecule has 0 aromatic heterocycles. The highest BCUT2D eigenvalue weighted by Gasteiger charge is 2.32. The fraction of sp³-hybridized carbons (Fsp3) is 0.385. The third-order valence-corrected chi connectivity index (χ3v) is 3.31. The smallest absolute Gasteiger partial charge is 0.327 e. The van der Waals surface area contributed by atoms with Crippen molar-refractivity contribution in [2.24, 2.45) is 0 Å². The average Bonchev–Trinajstić information content (AvgIpc) is 2.45. The van der Waals surface area contributed by atoms with E-state index < -0.39 is 22.8 Å². The molecule has 0 bridgehead atoms. The maximum absolute atomic E-state index is 12.5. The Hall–Kier alpha value is -2.48. The summed E-state index contributed by atoms with van der Waals surface area (Å²) in [4.78, 5) is 35.2. The van der Waals surface area contributed by atoms with E-state index in [4.69, 9.17) is 5.11 Å². The summed E-state index contributed by atoms with van der Waals surface area (Å²) < 4.78 is 0. The average molecular weight is 293 g/mol. The third-order valence-electron chi connectivity index (χ3n) is 3.31. The van der Waals surface area contributed by atoms with Crippen molar-refractivity contribution in [3.05, 3.63) is 39.4 Å². The maximum atomic E-state index is 12.5. The van der Waals surface area contributed by atoms with Gasteiger partial charge in [0.05, 0.1) is 4.92 Å². The predicted molar refractivity (Wildman–Crippen MR) is 73.2 cm³/mol. The van der Waals surface area contributed by atoms with E-state index in [1.165, 1.54) is 23.1 Å². The summed E-state index contributed by atoms with van der Waals surface area (Å²) in [6, 6.07) is 3.10. The fourth-order valence-corrected chi connectivity index (χ4v) is 2.33. The molecule has 1 aromatic carbocycles. The van der Waals surface area contributed by atoms with Crippen LogP contribution in [0.3, 0.4) is 0 Å². The van der Waals surface area contributed by atoms with E-state index in [2.05, 4.69) is 5.32 Å². The Bertz CT molecular complexity index is 601. The minimum absolute atomic E-state index is 0.134. The summed E-state index contributed by atoms with van der Waals surface area (Å²) >= 11 is 0. The van der Waals surface area contributed by atoms with Gasteiger partial charge in [-0.25, -0.2) is 4.79 Å². The number of carboxylic acids is 1. The molecule has 0 spiro atoms. The zero-order chi connectivity index (χ0) is 15.6. The Morgan fingerprint density at radius 3 is 2.76 bits per heavy atom. The van der Waals surface area contributed by atoms with Crippen molar-refractivity contribution in [1.82, 2.24) is 10.2 Å². The number of non-ortho nitro benzene ring substituents is 1. The third kappa shape index (κ3) is 3.16. The van der Waals surface area contributed by atoms with Gasteiger partial charge < -0.3 is 15.3 Å². The zero-order valence-electron chi connectivity index (χ0n) is 11.4. The number of carbonyl (C=O) groups is 2. The van der Waals surface area contributed by atoms with Crippen LogP contribution in [-0.4, -0.2) is 52.5 Å². The van der Waals surface area contributed by atoms with Crippen LogP contribution in [-0.2, 0) is 4.79 Å². The molecule has 1 aromatic rings. The molecule has 8 nitrogen and oxygen atoms in total. The van der Waals surface area contributed by atoms with Gasteiger partial charge in [-0.2, -0.15) is 0 Å². The molecule has 1 unspecified atom stereocenters. The zero-order valence-corrected chi connectivity index (χ0v) is 11.4. The Balaban J connectivity index is 2.34. The number of nitrogens with one attached hydrogen (secondary N) is 1. The first-order valence-corrected chi connectivity index (χ1v) is 6.40. The Kier molecular flexibility index (Phi) is 4.18. The number of nitrogens with zero attached hydrogens (tertiary/aromatic N) is 2. The number of aryl methyl sites for hydroxylation is 1. The predicted octanol–water partition coefficient (Wildman–Crippen LogP) is 0.402. The molecule has 1 aliphatic rings. The van der Waals surface area contributed by atoms with Gasteiger partial charge in [-0.1, -0.05) is 0 Å². The van der Waals surface area contributed by atoms with Gasteiger partial charge in [-0.3, -0.25) is 14.9 Å². The molecule has 2 N–H and O–H groups in total. The van der Waals surface area contributed by atoms with Crippen molar-refractivity contribution in [1.29, 1.82) is 0 Å². The van der Waals surface area contributed by atoms with Crippen LogP contribution in [0.1, 0.15) is 15.9 Å². The number of hydrogen-bond acceptors (Lipinski definition) is 5. The van der Waals surface area contributed by atoms with Gasteiger partial charge in [0.15, 0.2) is 0 Å². The molecular formula is C13H15N3O5. The first-order valence-electron chi connectivity index (χ1n) is 6.40. The number of benzene rings is 1. The molecule has 8 heteroatoms. The highest BCUT2D eigenvalue weighted by Crippen LogP contribution is 2.19. The normalized spacial score (nSPS) is 18.3. The van der Waals surface area contributed by atoms with Crippen LogP contribution < -0.4 is 5.32 Å². The monoisotopic (exact) mass is 293 g/mol. The van der Waals surface area contributed by atoms with Crippen LogP contribution in [0.15, 0.2) is 18.2 Å². The van der Waals surface area contributed by atoms with Gasteiger partial charge >= 0.3 is 5.97 Å². The Morgan fingerprint density at radius 2 is 2.14 bits per heavy atom. The fourth-order valence-electron chi connectivity index (χ4n) is 2.33. The summed E-state index contributed by atoms with van der Waals surface area (Å²) in [6.07, 6.45) is 0. The van der Waals surface area contributed by atoms with E-state index in [0.717, 1.165) is 0 Å². The van der Waals surface area contributed by atoms with Crippen LogP contribution in [0.4, 0.5) is 5.69 Å². The molecule has 1 heterocycles. The van der Waals surface area contributed by atoms with Gasteiger partial charge in [0, 0.05) is 37.3 Å². The first-order chi connectivity index (χ1) is 9.90. The number of piperazine rings is 1. The van der Waals surface area contributed by atoms with Crippen LogP contribution in [0.25, 0.3) is 0 Å². The number of carboxylic acid groups (broad SMARTS) is 1. The van der Waals surface area contributed by atoms with E-state index >= 15 is 0 Å². The van der Waals surface area contributed by atoms with E-state index in [-0.39, 0.29) is 24.3 Å². The van der Waals surface area contributed by atoms with E-state index in [1.54, 1.807) is 6.92 Å². The second-order valence-electron chi connectivity index (χ2n) is 4.87. The van der Waals surface area contributed by atoms with Crippen LogP contribution in [0.2, 0.25) is 0 Å². The molecule has 112 valence electrons. The number of hydrogen-bond donors (Lipinski definition) is 2. The number of carbonyl (C=O) groups excluding carboxylic acids is 1. The van der Waals surface area contributed by atoms with Gasteiger partial charge in [-0.15, -0.1) is 0 Å². The lowest BCUT2D eigenvalue weighted by atomic mass is 10.1. The summed E-state index contributed by atoms with van der Waals surface area (Å²) in [5, 5.41) is 22.9. The molecule has 1 saturated heterocycles. The van der Waals surface area contributed by atoms with Gasteiger partial charge in [-0.05, 0) is 18.6 Å². The maximum Gasteiger partial charge on any atom is 0.327 e. The quantitative estimate of drug-likeness (QED) is 0.616. The lowest BCUT2D eigenvalue weighted by molar-refractivity contribution is -0.384. The van der Waals surface area contributed by atoms with Crippen molar-refractivity contribution in [3.63, 3.8) is 0 Å². The minimum atomic E-state index is -1.10. The molecule has 1 atom stereocenters. The SMILES string of the molecule is Cc1cc(C(=O)N2CCNCC2C(=O)O)cc([N+](=O)[O-])c1. The van der Waals surface area contributed by atoms with E-state index in [1.807, 2.05) is 0 Å². The highest BCUT2D eigenvalue weighted by molar-refractivity contribution is 5.97. The highest BCUT2D eigenvalue weighted by atomic mass is 16.6. The standard InChI is InChI=1S/C13H15N3O5/c1-8-4-9(6-10(5-8)16(20)21)12(17)15-3-2-14-7-11(15)13(18)19/h4-6,11,14H,2-3,7H2,1H3,(H,18,19). The first kappa shape index (κ1) is 14.9.